The molecule has 0 saturated heterocycles. The van der Waals surface area contributed by atoms with E-state index in [1.807, 2.05) is 13.8 Å². The third kappa shape index (κ3) is 2.85. The maximum Gasteiger partial charge on any atom is 0.344 e. The first-order chi connectivity index (χ1) is 9.01. The number of H-pyrrole nitrogens is 1. The van der Waals surface area contributed by atoms with Crippen LogP contribution in [0.1, 0.15) is 19.9 Å². The summed E-state index contributed by atoms with van der Waals surface area (Å²) >= 11 is 1.20. The van der Waals surface area contributed by atoms with Crippen molar-refractivity contribution in [2.45, 2.75) is 30.1 Å². The summed E-state index contributed by atoms with van der Waals surface area (Å²) in [7, 11) is 0. The fourth-order valence-electron chi connectivity index (χ4n) is 1.48. The van der Waals surface area contributed by atoms with E-state index < -0.39 is 0 Å². The lowest BCUT2D eigenvalue weighted by atomic mass is 10.4. The maximum absolute atomic E-state index is 11.6. The number of hydrogen-bond donors (Lipinski definition) is 4. The molecule has 0 amide bonds. The molecule has 0 radical (unpaired) electrons. The predicted molar refractivity (Wildman–Crippen MR) is 71.6 cm³/mol. The van der Waals surface area contributed by atoms with Crippen molar-refractivity contribution in [2.24, 2.45) is 5.84 Å². The van der Waals surface area contributed by atoms with Crippen LogP contribution in [0.4, 0.5) is 11.8 Å². The van der Waals surface area contributed by atoms with E-state index in [2.05, 4.69) is 25.6 Å². The Balaban J connectivity index is 2.36. The Morgan fingerprint density at radius 3 is 2.84 bits per heavy atom. The van der Waals surface area contributed by atoms with E-state index in [9.17, 15) is 4.79 Å². The van der Waals surface area contributed by atoms with Crippen LogP contribution in [0.3, 0.4) is 0 Å². The average Bonchev–Trinajstić information content (AvgIpc) is 2.69. The third-order valence-electron chi connectivity index (χ3n) is 2.25. The van der Waals surface area contributed by atoms with Crippen LogP contribution in [0, 0.1) is 0 Å². The normalized spacial score (nSPS) is 10.9. The first-order valence-corrected chi connectivity index (χ1v) is 6.29. The zero-order chi connectivity index (χ0) is 14.0. The Labute approximate surface area is 112 Å². The molecule has 2 heterocycles. The Kier molecular flexibility index (Phi) is 3.71. The van der Waals surface area contributed by atoms with E-state index in [-0.39, 0.29) is 17.7 Å². The summed E-state index contributed by atoms with van der Waals surface area (Å²) in [5, 5.41) is 7.40. The number of hydrogen-bond acceptors (Lipinski definition) is 8. The summed E-state index contributed by atoms with van der Waals surface area (Å²) in [5.74, 6) is 5.76. The number of nitrogens with one attached hydrogen (secondary N) is 2. The number of hydrazine groups is 1. The van der Waals surface area contributed by atoms with Crippen LogP contribution in [-0.2, 0) is 0 Å². The van der Waals surface area contributed by atoms with Crippen molar-refractivity contribution in [3.8, 4) is 0 Å². The van der Waals surface area contributed by atoms with Gasteiger partial charge in [0.15, 0.2) is 5.16 Å². The Morgan fingerprint density at radius 2 is 2.21 bits per heavy atom. The van der Waals surface area contributed by atoms with Gasteiger partial charge in [0.05, 0.1) is 0 Å². The molecule has 0 spiro atoms. The lowest BCUT2D eigenvalue weighted by molar-refractivity contribution is 0.534. The number of aromatic amines is 1. The van der Waals surface area contributed by atoms with E-state index >= 15 is 0 Å². The molecule has 0 saturated carbocycles. The van der Waals surface area contributed by atoms with Crippen LogP contribution in [0.25, 0.3) is 0 Å². The zero-order valence-corrected chi connectivity index (χ0v) is 11.2. The Morgan fingerprint density at radius 1 is 1.47 bits per heavy atom. The van der Waals surface area contributed by atoms with Gasteiger partial charge in [0.25, 0.3) is 0 Å². The summed E-state index contributed by atoms with van der Waals surface area (Å²) in [6, 6.07) is 1.60. The van der Waals surface area contributed by atoms with Gasteiger partial charge in [-0.2, -0.15) is 4.98 Å². The van der Waals surface area contributed by atoms with Crippen LogP contribution in [0.5, 0.6) is 0 Å². The Bertz CT molecular complexity index is 633. The quantitative estimate of drug-likeness (QED) is 0.348. The summed E-state index contributed by atoms with van der Waals surface area (Å²) < 4.78 is 1.53. The molecule has 2 aromatic rings. The molecule has 102 valence electrons. The standard InChI is InChI=1S/C9H14N8OS/c1-4(2)17-8(18)15-16-9(17)19-6-3-5(14-11)12-7(10)13-6/h3-4H,11H2,1-2H3,(H,15,18)(H3,10,12,13,14). The second-order valence-electron chi connectivity index (χ2n) is 3.97. The van der Waals surface area contributed by atoms with Gasteiger partial charge in [-0.05, 0) is 25.6 Å². The summed E-state index contributed by atoms with van der Waals surface area (Å²) in [6.07, 6.45) is 0. The Hall–Kier alpha value is -2.07. The summed E-state index contributed by atoms with van der Waals surface area (Å²) in [6.45, 7) is 3.78. The largest absolute Gasteiger partial charge is 0.368 e. The average molecular weight is 282 g/mol. The van der Waals surface area contributed by atoms with Gasteiger partial charge in [-0.15, -0.1) is 5.10 Å². The molecular formula is C9H14N8OS. The molecule has 0 unspecified atom stereocenters. The molecule has 10 heteroatoms. The minimum absolute atomic E-state index is 0.0139. The van der Waals surface area contributed by atoms with Gasteiger partial charge in [-0.25, -0.2) is 20.7 Å². The SMILES string of the molecule is CC(C)n1c(Sc2cc(NN)nc(N)n2)n[nH]c1=O. The maximum atomic E-state index is 11.6. The van der Waals surface area contributed by atoms with Crippen LogP contribution in [0.15, 0.2) is 21.0 Å². The minimum atomic E-state index is -0.267. The van der Waals surface area contributed by atoms with Gasteiger partial charge in [-0.1, -0.05) is 0 Å². The van der Waals surface area contributed by atoms with Crippen molar-refractivity contribution in [1.82, 2.24) is 24.7 Å². The van der Waals surface area contributed by atoms with Crippen molar-refractivity contribution >= 4 is 23.5 Å². The van der Waals surface area contributed by atoms with Crippen molar-refractivity contribution in [2.75, 3.05) is 11.2 Å². The van der Waals surface area contributed by atoms with Crippen molar-refractivity contribution in [3.63, 3.8) is 0 Å². The van der Waals surface area contributed by atoms with Gasteiger partial charge in [0.1, 0.15) is 10.8 Å². The van der Waals surface area contributed by atoms with E-state index in [1.54, 1.807) is 6.07 Å². The number of nitrogens with zero attached hydrogens (tertiary/aromatic N) is 4. The molecule has 2 aromatic heterocycles. The number of anilines is 2. The van der Waals surface area contributed by atoms with Gasteiger partial charge in [0, 0.05) is 12.1 Å². The summed E-state index contributed by atoms with van der Waals surface area (Å²) in [4.78, 5) is 19.5. The monoisotopic (exact) mass is 282 g/mol. The van der Waals surface area contributed by atoms with Crippen molar-refractivity contribution in [3.05, 3.63) is 16.6 Å². The topological polar surface area (TPSA) is 141 Å². The molecule has 19 heavy (non-hydrogen) atoms. The van der Waals surface area contributed by atoms with Crippen molar-refractivity contribution < 1.29 is 0 Å². The van der Waals surface area contributed by atoms with Crippen molar-refractivity contribution in [1.29, 1.82) is 0 Å². The molecule has 2 rings (SSSR count). The smallest absolute Gasteiger partial charge is 0.344 e. The molecule has 9 nitrogen and oxygen atoms in total. The number of aromatic nitrogens is 5. The number of rotatable bonds is 4. The lowest BCUT2D eigenvalue weighted by Crippen LogP contribution is -2.19. The molecule has 0 aromatic carbocycles. The van der Waals surface area contributed by atoms with Crippen LogP contribution in [-0.4, -0.2) is 24.7 Å². The highest BCUT2D eigenvalue weighted by atomic mass is 32.2. The van der Waals surface area contributed by atoms with Crippen LogP contribution < -0.4 is 22.7 Å². The molecule has 0 fully saturated rings. The fraction of sp³-hybridized carbons (Fsp3) is 0.333. The second kappa shape index (κ2) is 5.28. The molecular weight excluding hydrogens is 268 g/mol. The van der Waals surface area contributed by atoms with E-state index in [0.717, 1.165) is 0 Å². The molecule has 0 bridgehead atoms. The highest BCUT2D eigenvalue weighted by Gasteiger charge is 2.14. The highest BCUT2D eigenvalue weighted by Crippen LogP contribution is 2.26. The molecule has 0 aliphatic heterocycles. The van der Waals surface area contributed by atoms with E-state index in [1.165, 1.54) is 16.3 Å². The van der Waals surface area contributed by atoms with Crippen LogP contribution >= 0.6 is 11.8 Å². The highest BCUT2D eigenvalue weighted by molar-refractivity contribution is 7.99. The first-order valence-electron chi connectivity index (χ1n) is 5.47. The molecule has 0 atom stereocenters. The van der Waals surface area contributed by atoms with E-state index in [0.29, 0.717) is 16.0 Å². The number of nitrogen functional groups attached to an aromatic ring is 2. The molecule has 0 aliphatic carbocycles. The van der Waals surface area contributed by atoms with Crippen LogP contribution in [0.2, 0.25) is 0 Å². The van der Waals surface area contributed by atoms with Gasteiger partial charge in [-0.3, -0.25) is 4.57 Å². The molecule has 0 aliphatic rings. The predicted octanol–water partition coefficient (Wildman–Crippen LogP) is -0.0387. The lowest BCUT2D eigenvalue weighted by Gasteiger charge is -2.08. The number of nitrogens with two attached hydrogens (primary N) is 2. The minimum Gasteiger partial charge on any atom is -0.368 e. The van der Waals surface area contributed by atoms with E-state index in [4.69, 9.17) is 11.6 Å². The fourth-order valence-corrected chi connectivity index (χ4v) is 2.46. The first kappa shape index (κ1) is 13.4. The third-order valence-corrected chi connectivity index (χ3v) is 3.14. The van der Waals surface area contributed by atoms with Gasteiger partial charge < -0.3 is 11.2 Å². The second-order valence-corrected chi connectivity index (χ2v) is 4.96. The molecule has 6 N–H and O–H groups in total. The van der Waals surface area contributed by atoms with Gasteiger partial charge in [0.2, 0.25) is 5.95 Å². The summed E-state index contributed by atoms with van der Waals surface area (Å²) in [5.41, 5.74) is 7.69. The van der Waals surface area contributed by atoms with Gasteiger partial charge >= 0.3 is 5.69 Å². The zero-order valence-electron chi connectivity index (χ0n) is 10.4.